The van der Waals surface area contributed by atoms with Crippen LogP contribution in [0.5, 0.6) is 0 Å². The second-order valence-electron chi connectivity index (χ2n) is 4.03. The number of aliphatic carboxylic acids is 1. The molecule has 0 aromatic heterocycles. The van der Waals surface area contributed by atoms with Gasteiger partial charge in [0.15, 0.2) is 0 Å². The zero-order valence-electron chi connectivity index (χ0n) is 9.30. The van der Waals surface area contributed by atoms with Gasteiger partial charge in [0.25, 0.3) is 0 Å². The molecule has 17 heavy (non-hydrogen) atoms. The van der Waals surface area contributed by atoms with Crippen molar-refractivity contribution in [3.63, 3.8) is 0 Å². The lowest BCUT2D eigenvalue weighted by molar-refractivity contribution is -0.150. The standard InChI is InChI=1S/C12H14ClNO3/c13-10-3-1-2-9(6-10)7-14-4-5-17-8-11(14)12(15)16/h1-3,6,11H,4-5,7-8H2,(H,15,16). The van der Waals surface area contributed by atoms with Crippen LogP contribution in [0.4, 0.5) is 0 Å². The van der Waals surface area contributed by atoms with Crippen molar-refractivity contribution >= 4 is 17.6 Å². The quantitative estimate of drug-likeness (QED) is 0.892. The fourth-order valence-corrected chi connectivity index (χ4v) is 2.14. The molecule has 0 amide bonds. The van der Waals surface area contributed by atoms with E-state index in [1.807, 2.05) is 23.1 Å². The molecule has 1 aromatic carbocycles. The first kappa shape index (κ1) is 12.4. The lowest BCUT2D eigenvalue weighted by Crippen LogP contribution is -2.49. The van der Waals surface area contributed by atoms with Gasteiger partial charge < -0.3 is 9.84 Å². The van der Waals surface area contributed by atoms with E-state index in [2.05, 4.69) is 0 Å². The molecule has 0 saturated carbocycles. The predicted molar refractivity (Wildman–Crippen MR) is 64.1 cm³/mol. The summed E-state index contributed by atoms with van der Waals surface area (Å²) < 4.78 is 5.19. The third-order valence-electron chi connectivity index (χ3n) is 2.80. The summed E-state index contributed by atoms with van der Waals surface area (Å²) in [7, 11) is 0. The van der Waals surface area contributed by atoms with E-state index in [4.69, 9.17) is 21.4 Å². The summed E-state index contributed by atoms with van der Waals surface area (Å²) in [5, 5.41) is 9.76. The number of hydrogen-bond acceptors (Lipinski definition) is 3. The van der Waals surface area contributed by atoms with Gasteiger partial charge in [-0.2, -0.15) is 0 Å². The SMILES string of the molecule is O=C(O)C1COCCN1Cc1cccc(Cl)c1. The Morgan fingerprint density at radius 1 is 1.59 bits per heavy atom. The minimum atomic E-state index is -0.841. The van der Waals surface area contributed by atoms with Gasteiger partial charge in [0.1, 0.15) is 6.04 Å². The Kier molecular flexibility index (Phi) is 3.99. The molecule has 0 radical (unpaired) electrons. The Labute approximate surface area is 105 Å². The molecule has 1 atom stereocenters. The Hall–Kier alpha value is -1.10. The summed E-state index contributed by atoms with van der Waals surface area (Å²) in [5.41, 5.74) is 1.02. The lowest BCUT2D eigenvalue weighted by Gasteiger charge is -2.32. The van der Waals surface area contributed by atoms with Gasteiger partial charge in [-0.1, -0.05) is 23.7 Å². The zero-order chi connectivity index (χ0) is 12.3. The first-order valence-corrected chi connectivity index (χ1v) is 5.83. The van der Waals surface area contributed by atoms with Crippen molar-refractivity contribution in [1.29, 1.82) is 0 Å². The molecular weight excluding hydrogens is 242 g/mol. The van der Waals surface area contributed by atoms with Crippen molar-refractivity contribution in [2.75, 3.05) is 19.8 Å². The molecule has 92 valence electrons. The number of halogens is 1. The fraction of sp³-hybridized carbons (Fsp3) is 0.417. The molecule has 4 nitrogen and oxygen atoms in total. The van der Waals surface area contributed by atoms with Crippen LogP contribution >= 0.6 is 11.6 Å². The number of carboxylic acid groups (broad SMARTS) is 1. The van der Waals surface area contributed by atoms with Crippen LogP contribution in [0.1, 0.15) is 5.56 Å². The smallest absolute Gasteiger partial charge is 0.323 e. The predicted octanol–water partition coefficient (Wildman–Crippen LogP) is 1.63. The molecule has 0 aliphatic carbocycles. The number of carbonyl (C=O) groups is 1. The van der Waals surface area contributed by atoms with Gasteiger partial charge in [-0.25, -0.2) is 0 Å². The molecule has 1 unspecified atom stereocenters. The number of carboxylic acids is 1. The maximum atomic E-state index is 11.1. The van der Waals surface area contributed by atoms with E-state index in [0.29, 0.717) is 24.7 Å². The average molecular weight is 256 g/mol. The van der Waals surface area contributed by atoms with E-state index in [0.717, 1.165) is 5.56 Å². The van der Waals surface area contributed by atoms with Crippen molar-refractivity contribution in [1.82, 2.24) is 4.90 Å². The van der Waals surface area contributed by atoms with Gasteiger partial charge in [0.05, 0.1) is 13.2 Å². The van der Waals surface area contributed by atoms with E-state index in [-0.39, 0.29) is 6.61 Å². The summed E-state index contributed by atoms with van der Waals surface area (Å²) in [6, 6.07) is 6.91. The van der Waals surface area contributed by atoms with Crippen LogP contribution < -0.4 is 0 Å². The van der Waals surface area contributed by atoms with Gasteiger partial charge in [-0.3, -0.25) is 9.69 Å². The Morgan fingerprint density at radius 2 is 2.41 bits per heavy atom. The maximum Gasteiger partial charge on any atom is 0.323 e. The normalized spacial score (nSPS) is 21.4. The third kappa shape index (κ3) is 3.19. The highest BCUT2D eigenvalue weighted by Gasteiger charge is 2.28. The Balaban J connectivity index is 2.08. The molecule has 1 fully saturated rings. The van der Waals surface area contributed by atoms with Crippen LogP contribution in [0.15, 0.2) is 24.3 Å². The topological polar surface area (TPSA) is 49.8 Å². The van der Waals surface area contributed by atoms with Crippen molar-refractivity contribution in [3.8, 4) is 0 Å². The minimum absolute atomic E-state index is 0.246. The number of nitrogens with zero attached hydrogens (tertiary/aromatic N) is 1. The van der Waals surface area contributed by atoms with Gasteiger partial charge >= 0.3 is 5.97 Å². The summed E-state index contributed by atoms with van der Waals surface area (Å²) in [6.45, 7) is 2.03. The van der Waals surface area contributed by atoms with Crippen molar-refractivity contribution in [2.45, 2.75) is 12.6 Å². The van der Waals surface area contributed by atoms with Crippen LogP contribution in [0, 0.1) is 0 Å². The molecule has 1 heterocycles. The fourth-order valence-electron chi connectivity index (χ4n) is 1.92. The Bertz CT molecular complexity index is 410. The second-order valence-corrected chi connectivity index (χ2v) is 4.47. The number of rotatable bonds is 3. The monoisotopic (exact) mass is 255 g/mol. The van der Waals surface area contributed by atoms with Crippen LogP contribution in [0.25, 0.3) is 0 Å². The van der Waals surface area contributed by atoms with E-state index in [9.17, 15) is 4.79 Å². The molecule has 1 N–H and O–H groups in total. The minimum Gasteiger partial charge on any atom is -0.480 e. The summed E-state index contributed by atoms with van der Waals surface area (Å²) in [6.07, 6.45) is 0. The molecule has 0 spiro atoms. The first-order valence-electron chi connectivity index (χ1n) is 5.46. The summed E-state index contributed by atoms with van der Waals surface area (Å²) in [4.78, 5) is 13.0. The van der Waals surface area contributed by atoms with Crippen LogP contribution in [-0.2, 0) is 16.1 Å². The number of hydrogen-bond donors (Lipinski definition) is 1. The number of benzene rings is 1. The van der Waals surface area contributed by atoms with Crippen molar-refractivity contribution in [3.05, 3.63) is 34.9 Å². The molecule has 0 bridgehead atoms. The highest BCUT2D eigenvalue weighted by Crippen LogP contribution is 2.16. The molecular formula is C12H14ClNO3. The van der Waals surface area contributed by atoms with Gasteiger partial charge in [0, 0.05) is 18.1 Å². The molecule has 1 saturated heterocycles. The van der Waals surface area contributed by atoms with Gasteiger partial charge in [0.2, 0.25) is 0 Å². The van der Waals surface area contributed by atoms with E-state index in [1.54, 1.807) is 6.07 Å². The number of ether oxygens (including phenoxy) is 1. The summed E-state index contributed by atoms with van der Waals surface area (Å²) >= 11 is 5.90. The zero-order valence-corrected chi connectivity index (χ0v) is 10.1. The molecule has 2 rings (SSSR count). The van der Waals surface area contributed by atoms with Crippen LogP contribution in [0.3, 0.4) is 0 Å². The molecule has 1 aromatic rings. The first-order chi connectivity index (χ1) is 8.16. The van der Waals surface area contributed by atoms with E-state index in [1.165, 1.54) is 0 Å². The molecule has 1 aliphatic heterocycles. The Morgan fingerprint density at radius 3 is 3.12 bits per heavy atom. The van der Waals surface area contributed by atoms with E-state index >= 15 is 0 Å². The maximum absolute atomic E-state index is 11.1. The largest absolute Gasteiger partial charge is 0.480 e. The highest BCUT2D eigenvalue weighted by molar-refractivity contribution is 6.30. The lowest BCUT2D eigenvalue weighted by atomic mass is 10.1. The third-order valence-corrected chi connectivity index (χ3v) is 3.03. The second kappa shape index (κ2) is 5.49. The van der Waals surface area contributed by atoms with E-state index < -0.39 is 12.0 Å². The summed E-state index contributed by atoms with van der Waals surface area (Å²) in [5.74, 6) is -0.841. The van der Waals surface area contributed by atoms with Crippen LogP contribution in [-0.4, -0.2) is 41.8 Å². The van der Waals surface area contributed by atoms with Crippen molar-refractivity contribution < 1.29 is 14.6 Å². The van der Waals surface area contributed by atoms with Gasteiger partial charge in [-0.05, 0) is 17.7 Å². The van der Waals surface area contributed by atoms with Crippen molar-refractivity contribution in [2.24, 2.45) is 0 Å². The highest BCUT2D eigenvalue weighted by atomic mass is 35.5. The number of morpholine rings is 1. The average Bonchev–Trinajstić information content (AvgIpc) is 2.29. The molecule has 1 aliphatic rings. The molecule has 5 heteroatoms. The van der Waals surface area contributed by atoms with Crippen LogP contribution in [0.2, 0.25) is 5.02 Å². The van der Waals surface area contributed by atoms with Gasteiger partial charge in [-0.15, -0.1) is 0 Å².